The lowest BCUT2D eigenvalue weighted by Gasteiger charge is -2.16. The third-order valence-corrected chi connectivity index (χ3v) is 2.60. The molecule has 0 fully saturated rings. The minimum atomic E-state index is -0.0731. The zero-order valence-electron chi connectivity index (χ0n) is 11.4. The second kappa shape index (κ2) is 7.63. The zero-order valence-corrected chi connectivity index (χ0v) is 11.4. The number of carbonyl (C=O) groups is 1. The number of anilines is 1. The molecule has 1 amide bonds. The summed E-state index contributed by atoms with van der Waals surface area (Å²) in [4.78, 5) is 22.1. The first-order chi connectivity index (χ1) is 8.69. The van der Waals surface area contributed by atoms with Crippen molar-refractivity contribution in [1.29, 1.82) is 0 Å². The van der Waals surface area contributed by atoms with Gasteiger partial charge in [0.25, 0.3) is 5.91 Å². The van der Waals surface area contributed by atoms with Gasteiger partial charge >= 0.3 is 0 Å². The van der Waals surface area contributed by atoms with Gasteiger partial charge in [-0.15, -0.1) is 0 Å². The molecule has 1 N–H and O–H groups in total. The summed E-state index contributed by atoms with van der Waals surface area (Å²) in [5.41, 5.74) is 0.398. The molecule has 0 aromatic carbocycles. The molecule has 1 aromatic heterocycles. The Labute approximate surface area is 109 Å². The molecule has 0 atom stereocenters. The highest BCUT2D eigenvalue weighted by atomic mass is 16.2. The molecule has 0 aliphatic heterocycles. The Kier molecular flexibility index (Phi) is 6.11. The van der Waals surface area contributed by atoms with Gasteiger partial charge < -0.3 is 10.2 Å². The van der Waals surface area contributed by atoms with Crippen molar-refractivity contribution in [3.8, 4) is 0 Å². The lowest BCUT2D eigenvalue weighted by atomic mass is 10.3. The van der Waals surface area contributed by atoms with Crippen LogP contribution in [0.15, 0.2) is 12.4 Å². The van der Waals surface area contributed by atoms with Crippen LogP contribution < -0.4 is 5.32 Å². The first-order valence-electron chi connectivity index (χ1n) is 6.50. The number of unbranched alkanes of at least 4 members (excludes halogenated alkanes) is 1. The Balaban J connectivity index is 2.67. The number of rotatable bonds is 7. The molecule has 1 heterocycles. The van der Waals surface area contributed by atoms with Gasteiger partial charge in [0.2, 0.25) is 0 Å². The molecular formula is C13H22N4O. The zero-order chi connectivity index (χ0) is 13.4. The van der Waals surface area contributed by atoms with Crippen molar-refractivity contribution in [2.75, 3.05) is 25.5 Å². The largest absolute Gasteiger partial charge is 0.369 e. The molecule has 0 aliphatic rings. The molecule has 5 nitrogen and oxygen atoms in total. The number of hydrogen-bond acceptors (Lipinski definition) is 4. The van der Waals surface area contributed by atoms with Gasteiger partial charge in [-0.05, 0) is 12.8 Å². The van der Waals surface area contributed by atoms with Gasteiger partial charge in [-0.3, -0.25) is 9.78 Å². The maximum atomic E-state index is 12.1. The molecule has 0 spiro atoms. The van der Waals surface area contributed by atoms with E-state index in [1.807, 2.05) is 0 Å². The van der Waals surface area contributed by atoms with Crippen LogP contribution in [0.25, 0.3) is 0 Å². The number of amides is 1. The highest BCUT2D eigenvalue weighted by molar-refractivity contribution is 5.92. The second-order valence-electron chi connectivity index (χ2n) is 4.30. The molecule has 5 heteroatoms. The summed E-state index contributed by atoms with van der Waals surface area (Å²) in [6.45, 7) is 5.77. The van der Waals surface area contributed by atoms with Crippen LogP contribution in [0.3, 0.4) is 0 Å². The number of carbonyl (C=O) groups excluding carboxylic acids is 1. The second-order valence-corrected chi connectivity index (χ2v) is 4.30. The quantitative estimate of drug-likeness (QED) is 0.805. The number of hydrogen-bond donors (Lipinski definition) is 1. The third kappa shape index (κ3) is 4.31. The smallest absolute Gasteiger partial charge is 0.273 e. The molecule has 0 saturated heterocycles. The van der Waals surface area contributed by atoms with Crippen LogP contribution in [-0.2, 0) is 0 Å². The normalized spacial score (nSPS) is 10.2. The Morgan fingerprint density at radius 3 is 2.78 bits per heavy atom. The molecular weight excluding hydrogens is 228 g/mol. The van der Waals surface area contributed by atoms with Crippen LogP contribution in [0.1, 0.15) is 43.6 Å². The van der Waals surface area contributed by atoms with E-state index in [9.17, 15) is 4.79 Å². The summed E-state index contributed by atoms with van der Waals surface area (Å²) in [6, 6.07) is 0. The Morgan fingerprint density at radius 2 is 2.11 bits per heavy atom. The first kappa shape index (κ1) is 14.4. The Morgan fingerprint density at radius 1 is 1.33 bits per heavy atom. The SMILES string of the molecule is CCCCN(C)C(=O)c1cncc(NCCC)n1. The van der Waals surface area contributed by atoms with E-state index in [0.29, 0.717) is 11.5 Å². The highest BCUT2D eigenvalue weighted by Gasteiger charge is 2.13. The van der Waals surface area contributed by atoms with E-state index in [-0.39, 0.29) is 5.91 Å². The monoisotopic (exact) mass is 250 g/mol. The van der Waals surface area contributed by atoms with Gasteiger partial charge in [-0.25, -0.2) is 4.98 Å². The average molecular weight is 250 g/mol. The molecule has 100 valence electrons. The van der Waals surface area contributed by atoms with Crippen LogP contribution in [0.5, 0.6) is 0 Å². The van der Waals surface area contributed by atoms with E-state index in [4.69, 9.17) is 0 Å². The van der Waals surface area contributed by atoms with Crippen molar-refractivity contribution in [3.05, 3.63) is 18.1 Å². The lowest BCUT2D eigenvalue weighted by molar-refractivity contribution is 0.0787. The third-order valence-electron chi connectivity index (χ3n) is 2.60. The predicted octanol–water partition coefficient (Wildman–Crippen LogP) is 2.17. The van der Waals surface area contributed by atoms with Crippen molar-refractivity contribution in [2.45, 2.75) is 33.1 Å². The van der Waals surface area contributed by atoms with Crippen molar-refractivity contribution in [3.63, 3.8) is 0 Å². The van der Waals surface area contributed by atoms with Crippen molar-refractivity contribution >= 4 is 11.7 Å². The predicted molar refractivity (Wildman–Crippen MR) is 72.7 cm³/mol. The van der Waals surface area contributed by atoms with Crippen LogP contribution in [-0.4, -0.2) is 40.9 Å². The summed E-state index contributed by atoms with van der Waals surface area (Å²) in [6.07, 6.45) is 6.24. The van der Waals surface area contributed by atoms with Crippen molar-refractivity contribution < 1.29 is 4.79 Å². The molecule has 1 aromatic rings. The van der Waals surface area contributed by atoms with Gasteiger partial charge in [0.1, 0.15) is 11.5 Å². The van der Waals surface area contributed by atoms with E-state index in [2.05, 4.69) is 29.1 Å². The summed E-state index contributed by atoms with van der Waals surface area (Å²) < 4.78 is 0. The summed E-state index contributed by atoms with van der Waals surface area (Å²) in [5, 5.41) is 3.13. The van der Waals surface area contributed by atoms with E-state index < -0.39 is 0 Å². The fourth-order valence-corrected chi connectivity index (χ4v) is 1.50. The minimum Gasteiger partial charge on any atom is -0.369 e. The van der Waals surface area contributed by atoms with E-state index in [1.165, 1.54) is 6.20 Å². The van der Waals surface area contributed by atoms with Crippen LogP contribution in [0.4, 0.5) is 5.82 Å². The maximum absolute atomic E-state index is 12.1. The van der Waals surface area contributed by atoms with Crippen LogP contribution >= 0.6 is 0 Å². The Hall–Kier alpha value is -1.65. The molecule has 1 rings (SSSR count). The summed E-state index contributed by atoms with van der Waals surface area (Å²) >= 11 is 0. The average Bonchev–Trinajstić information content (AvgIpc) is 2.42. The number of nitrogens with zero attached hydrogens (tertiary/aromatic N) is 3. The standard InChI is InChI=1S/C13H22N4O/c1-4-6-8-17(3)13(18)11-9-14-10-12(16-11)15-7-5-2/h9-10H,4-8H2,1-3H3,(H,15,16). The van der Waals surface area contributed by atoms with Gasteiger partial charge in [0, 0.05) is 20.1 Å². The lowest BCUT2D eigenvalue weighted by Crippen LogP contribution is -2.28. The maximum Gasteiger partial charge on any atom is 0.273 e. The van der Waals surface area contributed by atoms with Crippen molar-refractivity contribution in [2.24, 2.45) is 0 Å². The van der Waals surface area contributed by atoms with Gasteiger partial charge in [-0.1, -0.05) is 20.3 Å². The van der Waals surface area contributed by atoms with Crippen molar-refractivity contribution in [1.82, 2.24) is 14.9 Å². The fraction of sp³-hybridized carbons (Fsp3) is 0.615. The summed E-state index contributed by atoms with van der Waals surface area (Å²) in [5.74, 6) is 0.586. The van der Waals surface area contributed by atoms with Gasteiger partial charge in [0.05, 0.1) is 12.4 Å². The summed E-state index contributed by atoms with van der Waals surface area (Å²) in [7, 11) is 1.80. The highest BCUT2D eigenvalue weighted by Crippen LogP contribution is 2.05. The molecule has 0 aliphatic carbocycles. The molecule has 0 radical (unpaired) electrons. The van der Waals surface area contributed by atoms with Gasteiger partial charge in [-0.2, -0.15) is 0 Å². The molecule has 18 heavy (non-hydrogen) atoms. The first-order valence-corrected chi connectivity index (χ1v) is 6.50. The van der Waals surface area contributed by atoms with Crippen LogP contribution in [0.2, 0.25) is 0 Å². The van der Waals surface area contributed by atoms with Crippen LogP contribution in [0, 0.1) is 0 Å². The molecule has 0 unspecified atom stereocenters. The van der Waals surface area contributed by atoms with Gasteiger partial charge in [0.15, 0.2) is 0 Å². The van der Waals surface area contributed by atoms with E-state index in [0.717, 1.165) is 32.4 Å². The van der Waals surface area contributed by atoms with E-state index in [1.54, 1.807) is 18.1 Å². The van der Waals surface area contributed by atoms with E-state index >= 15 is 0 Å². The topological polar surface area (TPSA) is 58.1 Å². The Bertz CT molecular complexity index is 381. The number of aromatic nitrogens is 2. The minimum absolute atomic E-state index is 0.0731. The fourth-order valence-electron chi connectivity index (χ4n) is 1.50. The molecule has 0 bridgehead atoms. The number of nitrogens with one attached hydrogen (secondary N) is 1. The molecule has 0 saturated carbocycles.